The van der Waals surface area contributed by atoms with Crippen molar-refractivity contribution >= 4 is 43.5 Å². The fourth-order valence-corrected chi connectivity index (χ4v) is 6.57. The Bertz CT molecular complexity index is 1300. The molecule has 2 heterocycles. The minimum atomic E-state index is -4.76. The van der Waals surface area contributed by atoms with Gasteiger partial charge in [-0.15, -0.1) is 0 Å². The molecule has 1 fully saturated rings. The number of halogens is 2. The highest BCUT2D eigenvalue weighted by Gasteiger charge is 2.39. The average Bonchev–Trinajstić information content (AvgIpc) is 3.15. The Morgan fingerprint density at radius 2 is 1.89 bits per heavy atom. The molecule has 1 aliphatic heterocycles. The van der Waals surface area contributed by atoms with Gasteiger partial charge in [-0.3, -0.25) is 9.13 Å². The molecule has 1 saturated heterocycles. The maximum Gasteiger partial charge on any atom is 0.340 e. The minimum absolute atomic E-state index is 0.0179. The first-order valence-electron chi connectivity index (χ1n) is 10.5. The lowest BCUT2D eigenvalue weighted by atomic mass is 10.0. The normalized spacial score (nSPS) is 22.3. The molecule has 4 N–H and O–H groups in total. The van der Waals surface area contributed by atoms with Crippen LogP contribution in [0.3, 0.4) is 0 Å². The van der Waals surface area contributed by atoms with Gasteiger partial charge in [0.15, 0.2) is 5.90 Å². The Kier molecular flexibility index (Phi) is 7.90. The molecule has 2 aromatic carbocycles. The molecule has 1 aromatic heterocycles. The van der Waals surface area contributed by atoms with Gasteiger partial charge in [0.1, 0.15) is 18.1 Å². The summed E-state index contributed by atoms with van der Waals surface area (Å²) in [6, 6.07) is 14.8. The van der Waals surface area contributed by atoms with Gasteiger partial charge in [-0.25, -0.2) is 14.4 Å². The second-order valence-electron chi connectivity index (χ2n) is 8.13. The zero-order valence-corrected chi connectivity index (χ0v) is 20.7. The highest BCUT2D eigenvalue weighted by molar-refractivity contribution is 7.70. The summed E-state index contributed by atoms with van der Waals surface area (Å²) in [5, 5.41) is 3.93. The number of ether oxygens (including phenoxy) is 1. The lowest BCUT2D eigenvalue weighted by molar-refractivity contribution is 0.00429. The molecule has 1 unspecified atom stereocenters. The van der Waals surface area contributed by atoms with Crippen molar-refractivity contribution in [3.8, 4) is 0 Å². The van der Waals surface area contributed by atoms with Crippen LogP contribution < -0.4 is 5.32 Å². The van der Waals surface area contributed by atoms with Crippen LogP contribution in [0.25, 0.3) is 10.9 Å². The second kappa shape index (κ2) is 10.6. The first kappa shape index (κ1) is 26.1. The van der Waals surface area contributed by atoms with Crippen LogP contribution in [0.4, 0.5) is 10.2 Å². The zero-order chi connectivity index (χ0) is 25.2. The number of nitrogens with zero attached hydrogens (tertiary/aromatic N) is 2. The maximum atomic E-state index is 14.8. The molecule has 188 valence electrons. The van der Waals surface area contributed by atoms with Crippen molar-refractivity contribution < 1.29 is 37.5 Å². The number of aromatic nitrogens is 2. The molecule has 14 heteroatoms. The highest BCUT2D eigenvalue weighted by atomic mass is 35.5. The lowest BCUT2D eigenvalue weighted by Crippen LogP contribution is -2.14. The molecule has 0 amide bonds. The van der Waals surface area contributed by atoms with E-state index in [2.05, 4.69) is 15.3 Å². The fraction of sp³-hybridized carbons (Fsp3) is 0.333. The zero-order valence-electron chi connectivity index (χ0n) is 18.2. The molecule has 0 aliphatic carbocycles. The highest BCUT2D eigenvalue weighted by Crippen LogP contribution is 2.55. The summed E-state index contributed by atoms with van der Waals surface area (Å²) in [5.74, 6) is -0.796. The van der Waals surface area contributed by atoms with E-state index < -0.39 is 46.1 Å². The van der Waals surface area contributed by atoms with Gasteiger partial charge >= 0.3 is 15.2 Å². The van der Waals surface area contributed by atoms with E-state index in [1.165, 1.54) is 0 Å². The minimum Gasteiger partial charge on any atom is -0.365 e. The molecular weight excluding hydrogens is 523 g/mol. The van der Waals surface area contributed by atoms with E-state index in [-0.39, 0.29) is 11.7 Å². The van der Waals surface area contributed by atoms with Crippen LogP contribution in [-0.4, -0.2) is 49.4 Å². The number of nitrogens with one attached hydrogen (secondary N) is 1. The topological polar surface area (TPSA) is 151 Å². The predicted molar refractivity (Wildman–Crippen MR) is 128 cm³/mol. The molecule has 0 spiro atoms. The van der Waals surface area contributed by atoms with Crippen LogP contribution in [0.15, 0.2) is 48.5 Å². The Labute approximate surface area is 205 Å². The molecule has 3 aromatic rings. The van der Waals surface area contributed by atoms with Crippen molar-refractivity contribution in [3.63, 3.8) is 0 Å². The third-order valence-electron chi connectivity index (χ3n) is 5.31. The number of alkyl halides is 1. The van der Waals surface area contributed by atoms with Gasteiger partial charge in [0.05, 0.1) is 18.2 Å². The summed E-state index contributed by atoms with van der Waals surface area (Å²) in [5.41, 5.74) is 2.02. The standard InChI is InChI=1S/C21H23ClFN3O7P2/c22-21-25-18-8-14(6-7-16(18)20(26-21)24-10-13-4-2-1-3-5-13)19-17(23)9-15(33-19)11-32-35(30,31)12-34(27,28)29/h1-8,15,17,19H,9-12H2,(H,30,31)(H,24,25,26)(H2,27,28,29)/t15-,17-,19+/m0/s1. The number of hydrogen-bond acceptors (Lipinski definition) is 7. The Balaban J connectivity index is 1.47. The SMILES string of the molecule is O=P(O)(O)CP(=O)(O)OC[C@@H]1C[C@H](F)[C@@H](c2ccc3c(NCc4ccccc4)nc(Cl)nc3c2)O1. The molecule has 0 saturated carbocycles. The van der Waals surface area contributed by atoms with Gasteiger partial charge < -0.3 is 29.3 Å². The van der Waals surface area contributed by atoms with E-state index in [0.717, 1.165) is 5.56 Å². The van der Waals surface area contributed by atoms with E-state index in [1.807, 2.05) is 30.3 Å². The third-order valence-corrected chi connectivity index (χ3v) is 8.93. The summed E-state index contributed by atoms with van der Waals surface area (Å²) < 4.78 is 48.0. The third kappa shape index (κ3) is 7.06. The second-order valence-corrected chi connectivity index (χ2v) is 12.5. The van der Waals surface area contributed by atoms with Gasteiger partial charge in [-0.05, 0) is 34.9 Å². The Morgan fingerprint density at radius 3 is 2.60 bits per heavy atom. The van der Waals surface area contributed by atoms with Gasteiger partial charge in [-0.1, -0.05) is 36.4 Å². The van der Waals surface area contributed by atoms with E-state index in [1.54, 1.807) is 18.2 Å². The lowest BCUT2D eigenvalue weighted by Gasteiger charge is -2.17. The first-order valence-corrected chi connectivity index (χ1v) is 14.5. The van der Waals surface area contributed by atoms with Crippen LogP contribution in [0, 0.1) is 0 Å². The van der Waals surface area contributed by atoms with Crippen LogP contribution in [0.2, 0.25) is 5.28 Å². The number of anilines is 1. The van der Waals surface area contributed by atoms with Gasteiger partial charge in [-0.2, -0.15) is 0 Å². The fourth-order valence-electron chi connectivity index (χ4n) is 3.80. The largest absolute Gasteiger partial charge is 0.365 e. The van der Waals surface area contributed by atoms with Crippen LogP contribution in [0.1, 0.15) is 23.7 Å². The molecule has 1 aliphatic rings. The number of rotatable bonds is 9. The van der Waals surface area contributed by atoms with E-state index >= 15 is 0 Å². The summed E-state index contributed by atoms with van der Waals surface area (Å²) in [7, 11) is -9.31. The number of fused-ring (bicyclic) bond motifs is 1. The average molecular weight is 546 g/mol. The van der Waals surface area contributed by atoms with Gasteiger partial charge in [0, 0.05) is 18.4 Å². The summed E-state index contributed by atoms with van der Waals surface area (Å²) in [6.45, 7) is 0.0293. The Morgan fingerprint density at radius 1 is 1.14 bits per heavy atom. The van der Waals surface area contributed by atoms with E-state index in [9.17, 15) is 18.4 Å². The summed E-state index contributed by atoms with van der Waals surface area (Å²) >= 11 is 6.11. The van der Waals surface area contributed by atoms with Crippen molar-refractivity contribution in [2.75, 3.05) is 17.8 Å². The number of hydrogen-bond donors (Lipinski definition) is 4. The monoisotopic (exact) mass is 545 g/mol. The molecule has 35 heavy (non-hydrogen) atoms. The summed E-state index contributed by atoms with van der Waals surface area (Å²) in [6.07, 6.45) is -3.41. The number of benzene rings is 2. The molecule has 4 rings (SSSR count). The molecule has 0 radical (unpaired) electrons. The molecular formula is C21H23ClFN3O7P2. The van der Waals surface area contributed by atoms with Crippen molar-refractivity contribution in [3.05, 3.63) is 64.9 Å². The van der Waals surface area contributed by atoms with E-state index in [0.29, 0.717) is 28.8 Å². The smallest absolute Gasteiger partial charge is 0.340 e. The van der Waals surface area contributed by atoms with Gasteiger partial charge in [0.2, 0.25) is 5.28 Å². The first-order chi connectivity index (χ1) is 16.5. The van der Waals surface area contributed by atoms with Crippen molar-refractivity contribution in [2.45, 2.75) is 31.3 Å². The van der Waals surface area contributed by atoms with Crippen LogP contribution in [-0.2, 0) is 24.9 Å². The van der Waals surface area contributed by atoms with Crippen molar-refractivity contribution in [2.24, 2.45) is 0 Å². The maximum absolute atomic E-state index is 14.8. The molecule has 0 bridgehead atoms. The van der Waals surface area contributed by atoms with Crippen LogP contribution in [0.5, 0.6) is 0 Å². The molecule has 4 atom stereocenters. The van der Waals surface area contributed by atoms with E-state index in [4.69, 9.17) is 30.6 Å². The van der Waals surface area contributed by atoms with Crippen molar-refractivity contribution in [1.82, 2.24) is 9.97 Å². The van der Waals surface area contributed by atoms with Crippen LogP contribution >= 0.6 is 26.8 Å². The summed E-state index contributed by atoms with van der Waals surface area (Å²) in [4.78, 5) is 35.9. The predicted octanol–water partition coefficient (Wildman–Crippen LogP) is 4.40. The quantitative estimate of drug-likeness (QED) is 0.225. The van der Waals surface area contributed by atoms with Crippen molar-refractivity contribution in [1.29, 1.82) is 0 Å². The van der Waals surface area contributed by atoms with Gasteiger partial charge in [0.25, 0.3) is 0 Å². The molecule has 10 nitrogen and oxygen atoms in total. The Hall–Kier alpha value is -1.94.